The second kappa shape index (κ2) is 9.48. The van der Waals surface area contributed by atoms with E-state index in [9.17, 15) is 4.79 Å². The zero-order valence-electron chi connectivity index (χ0n) is 15.9. The highest BCUT2D eigenvalue weighted by molar-refractivity contribution is 7.98. The van der Waals surface area contributed by atoms with E-state index in [4.69, 9.17) is 9.47 Å². The van der Waals surface area contributed by atoms with Gasteiger partial charge in [-0.2, -0.15) is 11.8 Å². The number of carbonyl (C=O) groups excluding carboxylic acids is 1. The molecule has 2 rings (SSSR count). The van der Waals surface area contributed by atoms with Crippen molar-refractivity contribution >= 4 is 17.7 Å². The van der Waals surface area contributed by atoms with Crippen LogP contribution >= 0.6 is 11.8 Å². The summed E-state index contributed by atoms with van der Waals surface area (Å²) in [6, 6.07) is 8.58. The average Bonchev–Trinajstić information content (AvgIpc) is 2.63. The normalized spacial score (nSPS) is 18.6. The third-order valence-corrected chi connectivity index (χ3v) is 5.99. The van der Waals surface area contributed by atoms with Gasteiger partial charge in [0.15, 0.2) is 0 Å². The minimum absolute atomic E-state index is 0.0463. The zero-order valence-corrected chi connectivity index (χ0v) is 16.7. The molecule has 1 heterocycles. The fourth-order valence-corrected chi connectivity index (χ4v) is 4.34. The summed E-state index contributed by atoms with van der Waals surface area (Å²) in [5, 5.41) is 0. The van der Waals surface area contributed by atoms with E-state index in [-0.39, 0.29) is 5.97 Å². The van der Waals surface area contributed by atoms with Crippen molar-refractivity contribution in [2.24, 2.45) is 5.41 Å². The fourth-order valence-electron chi connectivity index (χ4n) is 3.65. The molecular formula is C20H31NO3S. The highest BCUT2D eigenvalue weighted by atomic mass is 32.2. The SMILES string of the molecule is CCOC(=O)C1(Cc2cccc(OC)c2)CCN(C(C)CSC)CC1. The summed E-state index contributed by atoms with van der Waals surface area (Å²) in [4.78, 5) is 15.3. The molecule has 0 amide bonds. The molecule has 1 aliphatic rings. The molecule has 25 heavy (non-hydrogen) atoms. The van der Waals surface area contributed by atoms with Crippen LogP contribution in [0, 0.1) is 5.41 Å². The van der Waals surface area contributed by atoms with Crippen LogP contribution in [0.3, 0.4) is 0 Å². The highest BCUT2D eigenvalue weighted by Gasteiger charge is 2.43. The molecule has 0 aromatic heterocycles. The van der Waals surface area contributed by atoms with Gasteiger partial charge >= 0.3 is 5.97 Å². The van der Waals surface area contributed by atoms with Crippen LogP contribution in [0.1, 0.15) is 32.3 Å². The molecule has 1 saturated heterocycles. The Bertz CT molecular complexity index is 556. The Morgan fingerprint density at radius 2 is 2.08 bits per heavy atom. The van der Waals surface area contributed by atoms with Gasteiger partial charge in [-0.1, -0.05) is 12.1 Å². The topological polar surface area (TPSA) is 38.8 Å². The van der Waals surface area contributed by atoms with Crippen LogP contribution in [-0.2, 0) is 16.0 Å². The Kier molecular flexibility index (Phi) is 7.63. The molecule has 140 valence electrons. The standard InChI is InChI=1S/C20H31NO3S/c1-5-24-19(22)20(14-17-7-6-8-18(13-17)23-3)9-11-21(12-10-20)16(2)15-25-4/h6-8,13,16H,5,9-12,14-15H2,1-4H3. The Morgan fingerprint density at radius 1 is 1.36 bits per heavy atom. The molecule has 0 aliphatic carbocycles. The third-order valence-electron chi connectivity index (χ3n) is 5.17. The van der Waals surface area contributed by atoms with Crippen LogP contribution < -0.4 is 4.74 Å². The highest BCUT2D eigenvalue weighted by Crippen LogP contribution is 2.38. The quantitative estimate of drug-likeness (QED) is 0.658. The Balaban J connectivity index is 2.14. The predicted octanol–water partition coefficient (Wildman–Crippen LogP) is 3.63. The molecule has 4 nitrogen and oxygen atoms in total. The van der Waals surface area contributed by atoms with Crippen molar-refractivity contribution in [1.29, 1.82) is 0 Å². The van der Waals surface area contributed by atoms with Gasteiger partial charge < -0.3 is 9.47 Å². The number of rotatable bonds is 8. The van der Waals surface area contributed by atoms with E-state index in [0.717, 1.165) is 43.0 Å². The smallest absolute Gasteiger partial charge is 0.312 e. The summed E-state index contributed by atoms with van der Waals surface area (Å²) in [7, 11) is 1.67. The molecule has 0 bridgehead atoms. The summed E-state index contributed by atoms with van der Waals surface area (Å²) in [5.74, 6) is 1.92. The lowest BCUT2D eigenvalue weighted by Gasteiger charge is -2.42. The summed E-state index contributed by atoms with van der Waals surface area (Å²) in [6.07, 6.45) is 4.56. The largest absolute Gasteiger partial charge is 0.497 e. The first-order valence-electron chi connectivity index (χ1n) is 9.08. The maximum Gasteiger partial charge on any atom is 0.312 e. The van der Waals surface area contributed by atoms with Gasteiger partial charge in [-0.3, -0.25) is 9.69 Å². The number of carbonyl (C=O) groups is 1. The van der Waals surface area contributed by atoms with Crippen molar-refractivity contribution in [1.82, 2.24) is 4.90 Å². The van der Waals surface area contributed by atoms with E-state index < -0.39 is 5.41 Å². The van der Waals surface area contributed by atoms with E-state index in [1.165, 1.54) is 0 Å². The fraction of sp³-hybridized carbons (Fsp3) is 0.650. The van der Waals surface area contributed by atoms with Crippen molar-refractivity contribution in [3.63, 3.8) is 0 Å². The number of piperidine rings is 1. The van der Waals surface area contributed by atoms with E-state index >= 15 is 0 Å². The molecule has 1 aliphatic heterocycles. The number of methoxy groups -OCH3 is 1. The Labute approximate surface area is 156 Å². The van der Waals surface area contributed by atoms with Gasteiger partial charge in [0.2, 0.25) is 0 Å². The number of nitrogens with zero attached hydrogens (tertiary/aromatic N) is 1. The second-order valence-electron chi connectivity index (χ2n) is 6.87. The van der Waals surface area contributed by atoms with Gasteiger partial charge in [0, 0.05) is 11.8 Å². The van der Waals surface area contributed by atoms with Crippen molar-refractivity contribution < 1.29 is 14.3 Å². The molecule has 1 unspecified atom stereocenters. The van der Waals surface area contributed by atoms with Gasteiger partial charge in [0.05, 0.1) is 19.1 Å². The number of thioether (sulfide) groups is 1. The Morgan fingerprint density at radius 3 is 2.68 bits per heavy atom. The lowest BCUT2D eigenvalue weighted by molar-refractivity contribution is -0.159. The summed E-state index contributed by atoms with van der Waals surface area (Å²) < 4.78 is 10.8. The molecule has 0 radical (unpaired) electrons. The van der Waals surface area contributed by atoms with Crippen LogP contribution in [0.5, 0.6) is 5.75 Å². The summed E-state index contributed by atoms with van der Waals surface area (Å²) >= 11 is 1.88. The van der Waals surface area contributed by atoms with Crippen molar-refractivity contribution in [2.75, 3.05) is 38.8 Å². The first-order chi connectivity index (χ1) is 12.0. The number of hydrogen-bond donors (Lipinski definition) is 0. The molecule has 1 fully saturated rings. The van der Waals surface area contributed by atoms with Crippen molar-refractivity contribution in [3.05, 3.63) is 29.8 Å². The average molecular weight is 366 g/mol. The van der Waals surface area contributed by atoms with Crippen LogP contribution in [-0.4, -0.2) is 55.7 Å². The molecule has 5 heteroatoms. The molecule has 1 atom stereocenters. The van der Waals surface area contributed by atoms with E-state index in [1.807, 2.05) is 36.9 Å². The number of ether oxygens (including phenoxy) is 2. The lowest BCUT2D eigenvalue weighted by Crippen LogP contribution is -2.49. The van der Waals surface area contributed by atoms with Gasteiger partial charge in [0.25, 0.3) is 0 Å². The van der Waals surface area contributed by atoms with E-state index in [2.05, 4.69) is 24.1 Å². The van der Waals surface area contributed by atoms with E-state index in [1.54, 1.807) is 7.11 Å². The minimum atomic E-state index is -0.419. The second-order valence-corrected chi connectivity index (χ2v) is 7.78. The molecule has 0 N–H and O–H groups in total. The number of hydrogen-bond acceptors (Lipinski definition) is 5. The number of likely N-dealkylation sites (tertiary alicyclic amines) is 1. The Hall–Kier alpha value is -1.20. The van der Waals surface area contributed by atoms with Gasteiger partial charge in [-0.15, -0.1) is 0 Å². The molecule has 1 aromatic carbocycles. The zero-order chi connectivity index (χ0) is 18.3. The van der Waals surface area contributed by atoms with Gasteiger partial charge in [-0.25, -0.2) is 0 Å². The molecule has 0 saturated carbocycles. The van der Waals surface area contributed by atoms with Crippen molar-refractivity contribution in [3.8, 4) is 5.75 Å². The monoisotopic (exact) mass is 365 g/mol. The molecular weight excluding hydrogens is 334 g/mol. The maximum atomic E-state index is 12.8. The van der Waals surface area contributed by atoms with Crippen LogP contribution in [0.4, 0.5) is 0 Å². The number of benzene rings is 1. The maximum absolute atomic E-state index is 12.8. The first kappa shape index (κ1) is 20.1. The minimum Gasteiger partial charge on any atom is -0.497 e. The first-order valence-corrected chi connectivity index (χ1v) is 10.5. The van der Waals surface area contributed by atoms with E-state index in [0.29, 0.717) is 19.1 Å². The predicted molar refractivity (Wildman–Crippen MR) is 104 cm³/mol. The molecule has 1 aromatic rings. The third kappa shape index (κ3) is 5.14. The number of esters is 1. The van der Waals surface area contributed by atoms with Gasteiger partial charge in [0.1, 0.15) is 5.75 Å². The van der Waals surface area contributed by atoms with Crippen molar-refractivity contribution in [2.45, 2.75) is 39.2 Å². The van der Waals surface area contributed by atoms with Crippen LogP contribution in [0.25, 0.3) is 0 Å². The molecule has 0 spiro atoms. The lowest BCUT2D eigenvalue weighted by atomic mass is 9.73. The summed E-state index contributed by atoms with van der Waals surface area (Å²) in [6.45, 7) is 6.49. The van der Waals surface area contributed by atoms with Crippen LogP contribution in [0.15, 0.2) is 24.3 Å². The summed E-state index contributed by atoms with van der Waals surface area (Å²) in [5.41, 5.74) is 0.718. The van der Waals surface area contributed by atoms with Gasteiger partial charge in [-0.05, 0) is 70.2 Å². The van der Waals surface area contributed by atoms with Crippen LogP contribution in [0.2, 0.25) is 0 Å².